The number of carbonyl (C=O) groups excluding carboxylic acids is 1. The maximum absolute atomic E-state index is 10.7. The zero-order chi connectivity index (χ0) is 9.14. The van der Waals surface area contributed by atoms with Crippen LogP contribution in [0.15, 0.2) is 17.3 Å². The summed E-state index contributed by atoms with van der Waals surface area (Å²) in [5.74, 6) is -0.432. The van der Waals surface area contributed by atoms with Crippen LogP contribution in [0.3, 0.4) is 0 Å². The molecule has 1 aromatic heterocycles. The smallest absolute Gasteiger partial charge is 0.250 e. The van der Waals surface area contributed by atoms with Crippen LogP contribution in [0.5, 0.6) is 0 Å². The topological polar surface area (TPSA) is 56.0 Å². The van der Waals surface area contributed by atoms with E-state index in [0.717, 1.165) is 10.6 Å². The van der Waals surface area contributed by atoms with E-state index in [0.29, 0.717) is 5.56 Å². The second-order valence-corrected chi connectivity index (χ2v) is 3.21. The van der Waals surface area contributed by atoms with Gasteiger partial charge in [0.25, 0.3) is 0 Å². The third-order valence-electron chi connectivity index (χ3n) is 1.51. The van der Waals surface area contributed by atoms with Crippen molar-refractivity contribution < 1.29 is 4.79 Å². The minimum Gasteiger partial charge on any atom is -0.366 e. The van der Waals surface area contributed by atoms with Crippen LogP contribution < -0.4 is 5.73 Å². The second kappa shape index (κ2) is 3.58. The molecule has 4 heteroatoms. The summed E-state index contributed by atoms with van der Waals surface area (Å²) in [6, 6.07) is 1.75. The number of hydrogen-bond acceptors (Lipinski definition) is 3. The van der Waals surface area contributed by atoms with Gasteiger partial charge in [-0.3, -0.25) is 4.79 Å². The number of nitrogens with zero attached hydrogens (tertiary/aromatic N) is 1. The number of thioether (sulfide) groups is 1. The Bertz CT molecular complexity index is 312. The van der Waals surface area contributed by atoms with Gasteiger partial charge in [0, 0.05) is 6.20 Å². The maximum Gasteiger partial charge on any atom is 0.250 e. The summed E-state index contributed by atoms with van der Waals surface area (Å²) in [6.07, 6.45) is 3.44. The van der Waals surface area contributed by atoms with Crippen LogP contribution in [-0.2, 0) is 0 Å². The lowest BCUT2D eigenvalue weighted by Gasteiger charge is -2.01. The Morgan fingerprint density at radius 3 is 2.75 bits per heavy atom. The van der Waals surface area contributed by atoms with Crippen LogP contribution in [0.2, 0.25) is 0 Å². The van der Waals surface area contributed by atoms with Crippen LogP contribution in [0.1, 0.15) is 15.9 Å². The van der Waals surface area contributed by atoms with Gasteiger partial charge in [-0.15, -0.1) is 11.8 Å². The van der Waals surface area contributed by atoms with E-state index in [-0.39, 0.29) is 0 Å². The molecule has 64 valence electrons. The van der Waals surface area contributed by atoms with Gasteiger partial charge in [0.2, 0.25) is 5.91 Å². The van der Waals surface area contributed by atoms with Crippen molar-refractivity contribution >= 4 is 17.7 Å². The SMILES string of the molecule is CSc1ncc(C(N)=O)cc1C. The zero-order valence-electron chi connectivity index (χ0n) is 7.00. The number of aryl methyl sites for hydroxylation is 1. The maximum atomic E-state index is 10.7. The quantitative estimate of drug-likeness (QED) is 0.699. The Labute approximate surface area is 75.4 Å². The van der Waals surface area contributed by atoms with Crippen LogP contribution >= 0.6 is 11.8 Å². The predicted molar refractivity (Wildman–Crippen MR) is 49.3 cm³/mol. The lowest BCUT2D eigenvalue weighted by Crippen LogP contribution is -2.11. The third kappa shape index (κ3) is 1.76. The Kier molecular flexibility index (Phi) is 2.70. The minimum absolute atomic E-state index is 0.432. The van der Waals surface area contributed by atoms with Crippen molar-refractivity contribution in [1.82, 2.24) is 4.98 Å². The van der Waals surface area contributed by atoms with Gasteiger partial charge in [-0.1, -0.05) is 0 Å². The number of carbonyl (C=O) groups is 1. The van der Waals surface area contributed by atoms with Gasteiger partial charge in [0.1, 0.15) is 0 Å². The average Bonchev–Trinajstić information content (AvgIpc) is 2.04. The molecule has 1 heterocycles. The fourth-order valence-corrected chi connectivity index (χ4v) is 1.45. The highest BCUT2D eigenvalue weighted by Gasteiger charge is 2.03. The summed E-state index contributed by atoms with van der Waals surface area (Å²) >= 11 is 1.55. The summed E-state index contributed by atoms with van der Waals surface area (Å²) in [4.78, 5) is 14.8. The van der Waals surface area contributed by atoms with E-state index in [2.05, 4.69) is 4.98 Å². The van der Waals surface area contributed by atoms with Crippen LogP contribution in [0.25, 0.3) is 0 Å². The van der Waals surface area contributed by atoms with E-state index < -0.39 is 5.91 Å². The highest BCUT2D eigenvalue weighted by Crippen LogP contribution is 2.16. The summed E-state index contributed by atoms with van der Waals surface area (Å²) in [5.41, 5.74) is 6.54. The molecule has 0 unspecified atom stereocenters. The molecule has 3 nitrogen and oxygen atoms in total. The molecule has 0 aliphatic carbocycles. The molecule has 2 N–H and O–H groups in total. The number of pyridine rings is 1. The summed E-state index contributed by atoms with van der Waals surface area (Å²) in [6.45, 7) is 1.91. The molecule has 0 saturated carbocycles. The molecule has 0 fully saturated rings. The fourth-order valence-electron chi connectivity index (χ4n) is 0.911. The predicted octanol–water partition coefficient (Wildman–Crippen LogP) is 1.21. The van der Waals surface area contributed by atoms with Crippen LogP contribution in [0, 0.1) is 6.92 Å². The second-order valence-electron chi connectivity index (χ2n) is 2.41. The van der Waals surface area contributed by atoms with Crippen molar-refractivity contribution in [2.45, 2.75) is 11.9 Å². The number of primary amides is 1. The Balaban J connectivity index is 3.10. The molecule has 1 rings (SSSR count). The van der Waals surface area contributed by atoms with Gasteiger partial charge < -0.3 is 5.73 Å². The molecular weight excluding hydrogens is 172 g/mol. The molecular formula is C8H10N2OS. The summed E-state index contributed by atoms with van der Waals surface area (Å²) in [7, 11) is 0. The first-order valence-corrected chi connectivity index (χ1v) is 4.68. The van der Waals surface area contributed by atoms with E-state index in [1.165, 1.54) is 6.20 Å². The van der Waals surface area contributed by atoms with Gasteiger partial charge in [-0.05, 0) is 24.8 Å². The molecule has 0 aromatic carbocycles. The number of amides is 1. The van der Waals surface area contributed by atoms with Crippen molar-refractivity contribution in [1.29, 1.82) is 0 Å². The van der Waals surface area contributed by atoms with Crippen molar-refractivity contribution in [3.63, 3.8) is 0 Å². The van der Waals surface area contributed by atoms with Crippen molar-refractivity contribution in [3.8, 4) is 0 Å². The first kappa shape index (κ1) is 9.06. The van der Waals surface area contributed by atoms with Gasteiger partial charge in [0.15, 0.2) is 0 Å². The summed E-state index contributed by atoms with van der Waals surface area (Å²) < 4.78 is 0. The fraction of sp³-hybridized carbons (Fsp3) is 0.250. The molecule has 0 radical (unpaired) electrons. The third-order valence-corrected chi connectivity index (χ3v) is 2.32. The number of aromatic nitrogens is 1. The molecule has 1 aromatic rings. The molecule has 12 heavy (non-hydrogen) atoms. The molecule has 0 atom stereocenters. The number of hydrogen-bond donors (Lipinski definition) is 1. The van der Waals surface area contributed by atoms with E-state index in [1.54, 1.807) is 17.8 Å². The largest absolute Gasteiger partial charge is 0.366 e. The highest BCUT2D eigenvalue weighted by atomic mass is 32.2. The van der Waals surface area contributed by atoms with Gasteiger partial charge in [-0.25, -0.2) is 4.98 Å². The lowest BCUT2D eigenvalue weighted by atomic mass is 10.2. The molecule has 0 bridgehead atoms. The van der Waals surface area contributed by atoms with E-state index in [9.17, 15) is 4.79 Å². The molecule has 0 saturated heterocycles. The standard InChI is InChI=1S/C8H10N2OS/c1-5-3-6(7(9)11)4-10-8(5)12-2/h3-4H,1-2H3,(H2,9,11). The van der Waals surface area contributed by atoms with Gasteiger partial charge >= 0.3 is 0 Å². The van der Waals surface area contributed by atoms with Gasteiger partial charge in [-0.2, -0.15) is 0 Å². The number of rotatable bonds is 2. The first-order chi connectivity index (χ1) is 5.65. The van der Waals surface area contributed by atoms with E-state index in [1.807, 2.05) is 13.2 Å². The number of nitrogens with two attached hydrogens (primary N) is 1. The average molecular weight is 182 g/mol. The molecule has 1 amide bonds. The normalized spacial score (nSPS) is 9.83. The first-order valence-electron chi connectivity index (χ1n) is 3.45. The van der Waals surface area contributed by atoms with Crippen molar-refractivity contribution in [2.75, 3.05) is 6.26 Å². The summed E-state index contributed by atoms with van der Waals surface area (Å²) in [5, 5.41) is 0.931. The van der Waals surface area contributed by atoms with Crippen LogP contribution in [-0.4, -0.2) is 17.1 Å². The highest BCUT2D eigenvalue weighted by molar-refractivity contribution is 7.98. The minimum atomic E-state index is -0.432. The Morgan fingerprint density at radius 1 is 1.67 bits per heavy atom. The molecule has 0 aliphatic heterocycles. The van der Waals surface area contributed by atoms with E-state index in [4.69, 9.17) is 5.73 Å². The Hall–Kier alpha value is -1.03. The molecule has 0 aliphatic rings. The Morgan fingerprint density at radius 2 is 2.33 bits per heavy atom. The van der Waals surface area contributed by atoms with Gasteiger partial charge in [0.05, 0.1) is 10.6 Å². The zero-order valence-corrected chi connectivity index (χ0v) is 7.81. The van der Waals surface area contributed by atoms with E-state index >= 15 is 0 Å². The lowest BCUT2D eigenvalue weighted by molar-refractivity contribution is 0.0999. The molecule has 0 spiro atoms. The van der Waals surface area contributed by atoms with Crippen molar-refractivity contribution in [2.24, 2.45) is 5.73 Å². The van der Waals surface area contributed by atoms with Crippen LogP contribution in [0.4, 0.5) is 0 Å². The monoisotopic (exact) mass is 182 g/mol. The van der Waals surface area contributed by atoms with Crippen molar-refractivity contribution in [3.05, 3.63) is 23.4 Å².